The molecule has 0 saturated carbocycles. The van der Waals surface area contributed by atoms with E-state index in [-0.39, 0.29) is 0 Å². The molecule has 0 aliphatic rings. The van der Waals surface area contributed by atoms with Crippen LogP contribution in [0, 0.1) is 0 Å². The van der Waals surface area contributed by atoms with E-state index in [4.69, 9.17) is 0 Å². The summed E-state index contributed by atoms with van der Waals surface area (Å²) in [5.41, 5.74) is 10.4. The lowest BCUT2D eigenvalue weighted by atomic mass is 9.81. The zero-order chi connectivity index (χ0) is 31.2. The van der Waals surface area contributed by atoms with Crippen LogP contribution in [-0.4, -0.2) is 0 Å². The van der Waals surface area contributed by atoms with Gasteiger partial charge in [0.05, 0.1) is 0 Å². The molecule has 0 atom stereocenters. The second-order valence-corrected chi connectivity index (χ2v) is 12.4. The van der Waals surface area contributed by atoms with E-state index in [9.17, 15) is 0 Å². The topological polar surface area (TPSA) is 0 Å². The number of hydrogen-bond acceptors (Lipinski definition) is 0. The second-order valence-electron chi connectivity index (χ2n) is 12.4. The minimum absolute atomic E-state index is 0.789. The molecule has 9 aromatic carbocycles. The van der Waals surface area contributed by atoms with Crippen molar-refractivity contribution in [1.29, 1.82) is 0 Å². The first-order chi connectivity index (χ1) is 23.3. The van der Waals surface area contributed by atoms with E-state index in [1.165, 1.54) is 87.6 Å². The van der Waals surface area contributed by atoms with Crippen molar-refractivity contribution in [2.45, 2.75) is 6.42 Å². The van der Waals surface area contributed by atoms with Crippen LogP contribution in [0.15, 0.2) is 182 Å². The summed E-state index contributed by atoms with van der Waals surface area (Å²) in [4.78, 5) is 0. The predicted molar refractivity (Wildman–Crippen MR) is 202 cm³/mol. The maximum absolute atomic E-state index is 2.41. The highest BCUT2D eigenvalue weighted by Crippen LogP contribution is 2.45. The van der Waals surface area contributed by atoms with E-state index in [1.54, 1.807) is 0 Å². The van der Waals surface area contributed by atoms with Crippen molar-refractivity contribution in [3.63, 3.8) is 0 Å². The Morgan fingerprint density at radius 3 is 1.40 bits per heavy atom. The third-order valence-corrected chi connectivity index (χ3v) is 9.74. The van der Waals surface area contributed by atoms with Crippen molar-refractivity contribution in [2.24, 2.45) is 0 Å². The van der Waals surface area contributed by atoms with Gasteiger partial charge < -0.3 is 0 Å². The molecule has 0 fully saturated rings. The summed E-state index contributed by atoms with van der Waals surface area (Å²) in [5, 5.41) is 10.2. The van der Waals surface area contributed by atoms with Crippen LogP contribution in [0.1, 0.15) is 11.1 Å². The molecule has 0 heteroatoms. The van der Waals surface area contributed by atoms with Gasteiger partial charge in [0.15, 0.2) is 0 Å². The molecule has 0 radical (unpaired) electrons. The Bertz CT molecular complexity index is 2580. The molecule has 0 N–H and O–H groups in total. The molecule has 0 aliphatic carbocycles. The Hall–Kier alpha value is -5.98. The fraction of sp³-hybridized carbons (Fsp3) is 0.0213. The van der Waals surface area contributed by atoms with Gasteiger partial charge in [-0.15, -0.1) is 0 Å². The lowest BCUT2D eigenvalue weighted by Crippen LogP contribution is -2.01. The van der Waals surface area contributed by atoms with Gasteiger partial charge in [0.2, 0.25) is 0 Å². The summed E-state index contributed by atoms with van der Waals surface area (Å²) in [5.74, 6) is 0. The van der Waals surface area contributed by atoms with Gasteiger partial charge in [-0.3, -0.25) is 0 Å². The summed E-state index contributed by atoms with van der Waals surface area (Å²) in [6, 6.07) is 66.8. The molecule has 47 heavy (non-hydrogen) atoms. The average Bonchev–Trinajstić information content (AvgIpc) is 3.14. The summed E-state index contributed by atoms with van der Waals surface area (Å²) in [6.45, 7) is 0. The van der Waals surface area contributed by atoms with Crippen LogP contribution >= 0.6 is 0 Å². The third kappa shape index (κ3) is 4.69. The van der Waals surface area contributed by atoms with Gasteiger partial charge in [-0.2, -0.15) is 0 Å². The molecule has 0 amide bonds. The van der Waals surface area contributed by atoms with Gasteiger partial charge in [0, 0.05) is 0 Å². The van der Waals surface area contributed by atoms with Gasteiger partial charge >= 0.3 is 0 Å². The zero-order valence-electron chi connectivity index (χ0n) is 26.0. The van der Waals surface area contributed by atoms with Gasteiger partial charge in [-0.1, -0.05) is 176 Å². The summed E-state index contributed by atoms with van der Waals surface area (Å²) < 4.78 is 0. The van der Waals surface area contributed by atoms with Crippen LogP contribution in [0.25, 0.3) is 76.5 Å². The monoisotopic (exact) mass is 596 g/mol. The van der Waals surface area contributed by atoms with E-state index in [0.29, 0.717) is 0 Å². The number of hydrogen-bond donors (Lipinski definition) is 0. The standard InChI is InChI=1S/C47H32/c1-2-14-34(15-3-1)44-30-36-19-7-11-25-41(36)47(43-27-13-21-33-17-5-9-23-39(33)43)45(44)31-37-29-28-35-18-6-10-24-40(35)46(37)42-26-12-20-32-16-4-8-22-38(32)42/h1-30H,31H2. The SMILES string of the molecule is c1ccc(-c2cc3ccccc3c(-c3cccc4ccccc34)c2Cc2ccc3ccccc3c2-c2cccc3ccccc23)cc1. The fourth-order valence-electron chi connectivity index (χ4n) is 7.62. The molecule has 0 saturated heterocycles. The van der Waals surface area contributed by atoms with Gasteiger partial charge in [0.25, 0.3) is 0 Å². The molecule has 9 rings (SSSR count). The first kappa shape index (κ1) is 27.3. The smallest absolute Gasteiger partial charge is 0.000683 e. The Kier molecular flexibility index (Phi) is 6.65. The van der Waals surface area contributed by atoms with Crippen molar-refractivity contribution in [1.82, 2.24) is 0 Å². The maximum atomic E-state index is 2.41. The Morgan fingerprint density at radius 2 is 0.766 bits per heavy atom. The molecule has 0 aromatic heterocycles. The van der Waals surface area contributed by atoms with Crippen LogP contribution in [0.4, 0.5) is 0 Å². The van der Waals surface area contributed by atoms with Gasteiger partial charge in [-0.05, 0) is 100 Å². The summed E-state index contributed by atoms with van der Waals surface area (Å²) in [6.07, 6.45) is 0.789. The third-order valence-electron chi connectivity index (χ3n) is 9.74. The minimum Gasteiger partial charge on any atom is -0.0622 e. The molecule has 0 unspecified atom stereocenters. The fourth-order valence-corrected chi connectivity index (χ4v) is 7.62. The van der Waals surface area contributed by atoms with E-state index < -0.39 is 0 Å². The Morgan fingerprint density at radius 1 is 0.298 bits per heavy atom. The molecular formula is C47H32. The molecular weight excluding hydrogens is 565 g/mol. The zero-order valence-corrected chi connectivity index (χ0v) is 26.0. The van der Waals surface area contributed by atoms with E-state index in [0.717, 1.165) is 6.42 Å². The number of benzene rings is 9. The molecule has 0 aliphatic heterocycles. The summed E-state index contributed by atoms with van der Waals surface area (Å²) in [7, 11) is 0. The average molecular weight is 597 g/mol. The Labute approximate surface area is 275 Å². The first-order valence-electron chi connectivity index (χ1n) is 16.4. The van der Waals surface area contributed by atoms with E-state index in [2.05, 4.69) is 182 Å². The normalized spacial score (nSPS) is 11.5. The predicted octanol–water partition coefficient (Wildman–Crippen LogP) is 12.9. The van der Waals surface area contributed by atoms with Crippen molar-refractivity contribution >= 4 is 43.1 Å². The number of rotatable bonds is 5. The Balaban J connectivity index is 1.40. The molecule has 220 valence electrons. The molecule has 9 aromatic rings. The molecule has 0 nitrogen and oxygen atoms in total. The van der Waals surface area contributed by atoms with Crippen molar-refractivity contribution in [3.8, 4) is 33.4 Å². The lowest BCUT2D eigenvalue weighted by molar-refractivity contribution is 1.21. The van der Waals surface area contributed by atoms with Crippen LogP contribution in [0.5, 0.6) is 0 Å². The maximum Gasteiger partial charge on any atom is -0.000683 e. The highest BCUT2D eigenvalue weighted by Gasteiger charge is 2.21. The van der Waals surface area contributed by atoms with Crippen LogP contribution in [-0.2, 0) is 6.42 Å². The first-order valence-corrected chi connectivity index (χ1v) is 16.4. The minimum atomic E-state index is 0.789. The highest BCUT2D eigenvalue weighted by atomic mass is 14.2. The second kappa shape index (κ2) is 11.4. The molecule has 0 spiro atoms. The molecule has 0 bridgehead atoms. The van der Waals surface area contributed by atoms with E-state index >= 15 is 0 Å². The van der Waals surface area contributed by atoms with Crippen molar-refractivity contribution < 1.29 is 0 Å². The van der Waals surface area contributed by atoms with E-state index in [1.807, 2.05) is 0 Å². The van der Waals surface area contributed by atoms with Crippen LogP contribution in [0.2, 0.25) is 0 Å². The van der Waals surface area contributed by atoms with Crippen LogP contribution in [0.3, 0.4) is 0 Å². The lowest BCUT2D eigenvalue weighted by Gasteiger charge is -2.22. The highest BCUT2D eigenvalue weighted by molar-refractivity contribution is 6.10. The summed E-state index contributed by atoms with van der Waals surface area (Å²) >= 11 is 0. The van der Waals surface area contributed by atoms with Crippen molar-refractivity contribution in [2.75, 3.05) is 0 Å². The largest absolute Gasteiger partial charge is 0.0622 e. The van der Waals surface area contributed by atoms with Crippen LogP contribution < -0.4 is 0 Å². The quantitative estimate of drug-likeness (QED) is 0.185. The number of fused-ring (bicyclic) bond motifs is 4. The van der Waals surface area contributed by atoms with Crippen molar-refractivity contribution in [3.05, 3.63) is 193 Å². The van der Waals surface area contributed by atoms with Gasteiger partial charge in [-0.25, -0.2) is 0 Å². The van der Waals surface area contributed by atoms with Gasteiger partial charge in [0.1, 0.15) is 0 Å². The molecule has 0 heterocycles.